The minimum absolute atomic E-state index is 0.0783. The van der Waals surface area contributed by atoms with Crippen molar-refractivity contribution in [3.8, 4) is 5.75 Å². The molecule has 2 aromatic heterocycles. The van der Waals surface area contributed by atoms with Crippen LogP contribution in [0.25, 0.3) is 4.96 Å². The molecule has 2 heterocycles. The molecule has 104 valence electrons. The lowest BCUT2D eigenvalue weighted by Gasteiger charge is -2.13. The summed E-state index contributed by atoms with van der Waals surface area (Å²) in [6.07, 6.45) is 0. The van der Waals surface area contributed by atoms with Crippen LogP contribution in [-0.4, -0.2) is 19.8 Å². The summed E-state index contributed by atoms with van der Waals surface area (Å²) in [5.41, 5.74) is -0.0783. The van der Waals surface area contributed by atoms with Crippen molar-refractivity contribution in [2.45, 2.75) is 32.8 Å². The largest absolute Gasteiger partial charge is 0.486 e. The van der Waals surface area contributed by atoms with Gasteiger partial charge in [0.1, 0.15) is 12.4 Å². The molecule has 0 radical (unpaired) electrons. The van der Waals surface area contributed by atoms with E-state index in [1.165, 1.54) is 11.3 Å². The zero-order valence-corrected chi connectivity index (χ0v) is 12.5. The maximum absolute atomic E-state index is 5.70. The molecule has 0 fully saturated rings. The predicted molar refractivity (Wildman–Crippen MR) is 78.1 cm³/mol. The van der Waals surface area contributed by atoms with Crippen molar-refractivity contribution in [2.24, 2.45) is 0 Å². The number of rotatable bonds is 3. The third-order valence-electron chi connectivity index (χ3n) is 2.81. The van der Waals surface area contributed by atoms with E-state index in [0.29, 0.717) is 6.61 Å². The number of para-hydroxylation sites is 1. The van der Waals surface area contributed by atoms with Gasteiger partial charge in [-0.15, -0.1) is 10.2 Å². The van der Waals surface area contributed by atoms with E-state index in [-0.39, 0.29) is 5.41 Å². The Bertz CT molecular complexity index is 712. The summed E-state index contributed by atoms with van der Waals surface area (Å²) in [7, 11) is 0. The van der Waals surface area contributed by atoms with E-state index in [2.05, 4.69) is 36.1 Å². The minimum Gasteiger partial charge on any atom is -0.486 e. The van der Waals surface area contributed by atoms with Crippen LogP contribution in [0, 0.1) is 0 Å². The van der Waals surface area contributed by atoms with Crippen molar-refractivity contribution in [2.75, 3.05) is 0 Å². The number of hydrogen-bond acceptors (Lipinski definition) is 5. The lowest BCUT2D eigenvalue weighted by molar-refractivity contribution is 0.303. The highest BCUT2D eigenvalue weighted by Crippen LogP contribution is 2.23. The summed E-state index contributed by atoms with van der Waals surface area (Å²) >= 11 is 1.51. The molecule has 0 aliphatic carbocycles. The molecule has 0 saturated heterocycles. The fraction of sp³-hybridized carbons (Fsp3) is 0.357. The Labute approximate surface area is 121 Å². The maximum atomic E-state index is 5.70. The van der Waals surface area contributed by atoms with Gasteiger partial charge in [-0.3, -0.25) is 0 Å². The standard InChI is InChI=1S/C14H16N4OS/c1-14(2,3)12-15-16-13-18(12)17-11(20-13)9-19-10-7-5-4-6-8-10/h4-8H,9H2,1-3H3. The van der Waals surface area contributed by atoms with Crippen molar-refractivity contribution in [3.63, 3.8) is 0 Å². The molecule has 1 aromatic carbocycles. The second-order valence-corrected chi connectivity index (χ2v) is 6.61. The number of nitrogens with zero attached hydrogens (tertiary/aromatic N) is 4. The topological polar surface area (TPSA) is 52.3 Å². The molecular formula is C14H16N4OS. The van der Waals surface area contributed by atoms with Gasteiger partial charge in [0.15, 0.2) is 10.8 Å². The van der Waals surface area contributed by atoms with Crippen LogP contribution in [0.4, 0.5) is 0 Å². The first kappa shape index (κ1) is 13.1. The van der Waals surface area contributed by atoms with E-state index in [0.717, 1.165) is 21.5 Å². The third-order valence-corrected chi connectivity index (χ3v) is 3.68. The van der Waals surface area contributed by atoms with Crippen LogP contribution < -0.4 is 4.74 Å². The highest BCUT2D eigenvalue weighted by atomic mass is 32.1. The molecule has 0 amide bonds. The summed E-state index contributed by atoms with van der Waals surface area (Å²) in [4.78, 5) is 0.807. The van der Waals surface area contributed by atoms with Crippen LogP contribution in [0.15, 0.2) is 30.3 Å². The average molecular weight is 288 g/mol. The summed E-state index contributed by atoms with van der Waals surface area (Å²) in [6.45, 7) is 6.75. The first-order valence-corrected chi connectivity index (χ1v) is 7.25. The molecule has 6 heteroatoms. The normalized spacial score (nSPS) is 11.9. The van der Waals surface area contributed by atoms with Gasteiger partial charge in [-0.25, -0.2) is 0 Å². The second-order valence-electron chi connectivity index (χ2n) is 5.57. The van der Waals surface area contributed by atoms with Crippen LogP contribution in [0.1, 0.15) is 31.6 Å². The van der Waals surface area contributed by atoms with Gasteiger partial charge in [-0.05, 0) is 12.1 Å². The van der Waals surface area contributed by atoms with Crippen molar-refractivity contribution in [3.05, 3.63) is 41.2 Å². The second kappa shape index (κ2) is 4.86. The molecule has 0 atom stereocenters. The van der Waals surface area contributed by atoms with Crippen LogP contribution in [0.5, 0.6) is 5.75 Å². The van der Waals surface area contributed by atoms with Crippen molar-refractivity contribution in [1.82, 2.24) is 19.8 Å². The molecule has 3 aromatic rings. The molecule has 0 aliphatic heterocycles. The maximum Gasteiger partial charge on any atom is 0.234 e. The van der Waals surface area contributed by atoms with Gasteiger partial charge in [0, 0.05) is 5.41 Å². The highest BCUT2D eigenvalue weighted by Gasteiger charge is 2.23. The SMILES string of the molecule is CC(C)(C)c1nnc2sc(COc3ccccc3)nn12. The van der Waals surface area contributed by atoms with Gasteiger partial charge >= 0.3 is 0 Å². The number of ether oxygens (including phenoxy) is 1. The minimum atomic E-state index is -0.0783. The number of aromatic nitrogens is 4. The molecular weight excluding hydrogens is 272 g/mol. The molecule has 5 nitrogen and oxygen atoms in total. The van der Waals surface area contributed by atoms with E-state index < -0.39 is 0 Å². The van der Waals surface area contributed by atoms with Gasteiger partial charge in [-0.1, -0.05) is 50.3 Å². The zero-order chi connectivity index (χ0) is 14.2. The number of fused-ring (bicyclic) bond motifs is 1. The Morgan fingerprint density at radius 3 is 2.60 bits per heavy atom. The van der Waals surface area contributed by atoms with Crippen LogP contribution >= 0.6 is 11.3 Å². The Balaban J connectivity index is 1.82. The number of hydrogen-bond donors (Lipinski definition) is 0. The molecule has 0 spiro atoms. The van der Waals surface area contributed by atoms with E-state index >= 15 is 0 Å². The molecule has 3 rings (SSSR count). The van der Waals surface area contributed by atoms with E-state index in [1.807, 2.05) is 34.8 Å². The summed E-state index contributed by atoms with van der Waals surface area (Å²) in [5, 5.41) is 13.8. The Morgan fingerprint density at radius 1 is 1.15 bits per heavy atom. The smallest absolute Gasteiger partial charge is 0.234 e. The molecule has 0 saturated carbocycles. The molecule has 0 bridgehead atoms. The zero-order valence-electron chi connectivity index (χ0n) is 11.7. The van der Waals surface area contributed by atoms with Gasteiger partial charge in [0.05, 0.1) is 0 Å². The first-order chi connectivity index (χ1) is 9.54. The molecule has 20 heavy (non-hydrogen) atoms. The van der Waals surface area contributed by atoms with Gasteiger partial charge in [0.25, 0.3) is 0 Å². The Kier molecular flexibility index (Phi) is 3.17. The van der Waals surface area contributed by atoms with Crippen molar-refractivity contribution in [1.29, 1.82) is 0 Å². The van der Waals surface area contributed by atoms with Crippen molar-refractivity contribution < 1.29 is 4.74 Å². The van der Waals surface area contributed by atoms with E-state index in [9.17, 15) is 0 Å². The molecule has 0 unspecified atom stereocenters. The molecule has 0 aliphatic rings. The fourth-order valence-corrected chi connectivity index (χ4v) is 2.59. The van der Waals surface area contributed by atoms with E-state index in [1.54, 1.807) is 0 Å². The summed E-state index contributed by atoms with van der Waals surface area (Å²) in [6, 6.07) is 9.73. The van der Waals surface area contributed by atoms with Crippen LogP contribution in [-0.2, 0) is 12.0 Å². The fourth-order valence-electron chi connectivity index (χ4n) is 1.84. The van der Waals surface area contributed by atoms with Crippen LogP contribution in [0.3, 0.4) is 0 Å². The van der Waals surface area contributed by atoms with Gasteiger partial charge in [-0.2, -0.15) is 9.61 Å². The summed E-state index contributed by atoms with van der Waals surface area (Å²) < 4.78 is 7.52. The lowest BCUT2D eigenvalue weighted by Crippen LogP contribution is -2.16. The quantitative estimate of drug-likeness (QED) is 0.743. The predicted octanol–water partition coefficient (Wildman–Crippen LogP) is 3.06. The Morgan fingerprint density at radius 2 is 1.90 bits per heavy atom. The van der Waals surface area contributed by atoms with Crippen molar-refractivity contribution >= 4 is 16.3 Å². The Hall–Kier alpha value is -1.95. The van der Waals surface area contributed by atoms with Crippen LogP contribution in [0.2, 0.25) is 0 Å². The van der Waals surface area contributed by atoms with Gasteiger partial charge < -0.3 is 4.74 Å². The number of benzene rings is 1. The highest BCUT2D eigenvalue weighted by molar-refractivity contribution is 7.16. The summed E-state index contributed by atoms with van der Waals surface area (Å²) in [5.74, 6) is 1.71. The lowest BCUT2D eigenvalue weighted by atomic mass is 9.96. The van der Waals surface area contributed by atoms with Gasteiger partial charge in [0.2, 0.25) is 4.96 Å². The van der Waals surface area contributed by atoms with E-state index in [4.69, 9.17) is 4.74 Å². The third kappa shape index (κ3) is 2.51. The average Bonchev–Trinajstić information content (AvgIpc) is 2.95. The monoisotopic (exact) mass is 288 g/mol. The first-order valence-electron chi connectivity index (χ1n) is 6.43. The molecule has 0 N–H and O–H groups in total.